The van der Waals surface area contributed by atoms with Crippen LogP contribution in [0.1, 0.15) is 11.5 Å². The number of rotatable bonds is 3. The van der Waals surface area contributed by atoms with E-state index in [4.69, 9.17) is 4.42 Å². The number of benzene rings is 2. The summed E-state index contributed by atoms with van der Waals surface area (Å²) >= 11 is 0. The summed E-state index contributed by atoms with van der Waals surface area (Å²) in [6, 6.07) is 12.6. The van der Waals surface area contributed by atoms with E-state index in [-0.39, 0.29) is 5.82 Å². The predicted octanol–water partition coefficient (Wildman–Crippen LogP) is 4.32. The molecule has 0 saturated heterocycles. The molecule has 5 heteroatoms. The Morgan fingerprint density at radius 2 is 2.00 bits per heavy atom. The molecule has 0 bridgehead atoms. The number of halogens is 1. The first kappa shape index (κ1) is 13.5. The van der Waals surface area contributed by atoms with Crippen molar-refractivity contribution in [2.45, 2.75) is 0 Å². The topological polar surface area (TPSA) is 43.9 Å². The highest BCUT2D eigenvalue weighted by molar-refractivity contribution is 5.76. The predicted molar refractivity (Wildman–Crippen MR) is 86.5 cm³/mol. The Hall–Kier alpha value is -3.21. The third-order valence-electron chi connectivity index (χ3n) is 3.48. The van der Waals surface area contributed by atoms with E-state index in [0.29, 0.717) is 11.6 Å². The van der Waals surface area contributed by atoms with Crippen LogP contribution in [0, 0.1) is 5.82 Å². The van der Waals surface area contributed by atoms with Crippen molar-refractivity contribution in [2.24, 2.45) is 0 Å². The van der Waals surface area contributed by atoms with Gasteiger partial charge >= 0.3 is 0 Å². The molecule has 0 fully saturated rings. The van der Waals surface area contributed by atoms with E-state index in [1.165, 1.54) is 6.07 Å². The standard InChI is InChI=1S/C18H12FN3O/c19-14-11-13(5-7-16(14)22-10-9-20-12-22)6-8-18-21-15-3-1-2-4-17(15)23-18/h1-12H. The van der Waals surface area contributed by atoms with Crippen LogP contribution in [0.15, 0.2) is 65.6 Å². The Bertz CT molecular complexity index is 954. The van der Waals surface area contributed by atoms with Crippen molar-refractivity contribution in [1.29, 1.82) is 0 Å². The van der Waals surface area contributed by atoms with E-state index in [1.54, 1.807) is 41.5 Å². The molecule has 2 heterocycles. The van der Waals surface area contributed by atoms with Gasteiger partial charge in [-0.2, -0.15) is 0 Å². The molecule has 0 aliphatic carbocycles. The van der Waals surface area contributed by atoms with Crippen LogP contribution in [0.4, 0.5) is 4.39 Å². The van der Waals surface area contributed by atoms with Gasteiger partial charge in [0.05, 0.1) is 12.0 Å². The Labute approximate surface area is 131 Å². The summed E-state index contributed by atoms with van der Waals surface area (Å²) in [4.78, 5) is 8.27. The number of fused-ring (bicyclic) bond motifs is 1. The van der Waals surface area contributed by atoms with Crippen molar-refractivity contribution in [1.82, 2.24) is 14.5 Å². The van der Waals surface area contributed by atoms with Crippen molar-refractivity contribution in [3.05, 3.63) is 78.5 Å². The van der Waals surface area contributed by atoms with Gasteiger partial charge < -0.3 is 8.98 Å². The third kappa shape index (κ3) is 2.64. The fourth-order valence-corrected chi connectivity index (χ4v) is 2.37. The smallest absolute Gasteiger partial charge is 0.220 e. The largest absolute Gasteiger partial charge is 0.437 e. The quantitative estimate of drug-likeness (QED) is 0.566. The van der Waals surface area contributed by atoms with E-state index in [0.717, 1.165) is 16.7 Å². The van der Waals surface area contributed by atoms with Gasteiger partial charge in [-0.1, -0.05) is 18.2 Å². The van der Waals surface area contributed by atoms with Gasteiger partial charge in [-0.3, -0.25) is 0 Å². The van der Waals surface area contributed by atoms with Gasteiger partial charge in [-0.25, -0.2) is 14.4 Å². The Morgan fingerprint density at radius 3 is 2.78 bits per heavy atom. The minimum atomic E-state index is -0.317. The summed E-state index contributed by atoms with van der Waals surface area (Å²) in [6.07, 6.45) is 8.37. The number of nitrogens with zero attached hydrogens (tertiary/aromatic N) is 3. The number of para-hydroxylation sites is 2. The van der Waals surface area contributed by atoms with Gasteiger partial charge in [0.15, 0.2) is 5.58 Å². The van der Waals surface area contributed by atoms with Crippen LogP contribution in [0.5, 0.6) is 0 Å². The minimum absolute atomic E-state index is 0.317. The van der Waals surface area contributed by atoms with E-state index in [2.05, 4.69) is 9.97 Å². The Morgan fingerprint density at radius 1 is 1.09 bits per heavy atom. The molecule has 0 amide bonds. The molecule has 2 aromatic carbocycles. The Kier molecular flexibility index (Phi) is 3.24. The van der Waals surface area contributed by atoms with Gasteiger partial charge in [0, 0.05) is 18.5 Å². The SMILES string of the molecule is Fc1cc(C=Cc2nc3ccccc3o2)ccc1-n1ccnc1. The van der Waals surface area contributed by atoms with E-state index >= 15 is 0 Å². The second-order valence-corrected chi connectivity index (χ2v) is 5.03. The summed E-state index contributed by atoms with van der Waals surface area (Å²) in [5, 5.41) is 0. The Balaban J connectivity index is 1.62. The van der Waals surface area contributed by atoms with Gasteiger partial charge in [0.25, 0.3) is 0 Å². The first-order valence-corrected chi connectivity index (χ1v) is 7.11. The molecule has 2 aromatic heterocycles. The second kappa shape index (κ2) is 5.53. The zero-order chi connectivity index (χ0) is 15.6. The second-order valence-electron chi connectivity index (χ2n) is 5.03. The lowest BCUT2D eigenvalue weighted by molar-refractivity contribution is 0.589. The van der Waals surface area contributed by atoms with Crippen molar-refractivity contribution >= 4 is 23.3 Å². The molecule has 0 radical (unpaired) electrons. The minimum Gasteiger partial charge on any atom is -0.437 e. The fourth-order valence-electron chi connectivity index (χ4n) is 2.37. The van der Waals surface area contributed by atoms with Crippen LogP contribution in [-0.2, 0) is 0 Å². The zero-order valence-corrected chi connectivity index (χ0v) is 12.1. The van der Waals surface area contributed by atoms with Crippen LogP contribution in [0.25, 0.3) is 28.9 Å². The third-order valence-corrected chi connectivity index (χ3v) is 3.48. The summed E-state index contributed by atoms with van der Waals surface area (Å²) in [7, 11) is 0. The number of hydrogen-bond donors (Lipinski definition) is 0. The summed E-state index contributed by atoms with van der Waals surface area (Å²) in [5.74, 6) is 0.174. The molecule has 23 heavy (non-hydrogen) atoms. The molecule has 0 unspecified atom stereocenters. The lowest BCUT2D eigenvalue weighted by atomic mass is 10.2. The molecule has 112 valence electrons. The first-order chi connectivity index (χ1) is 11.3. The number of imidazole rings is 1. The highest BCUT2D eigenvalue weighted by Crippen LogP contribution is 2.19. The molecule has 0 aliphatic heterocycles. The molecule has 4 rings (SSSR count). The highest BCUT2D eigenvalue weighted by atomic mass is 19.1. The van der Waals surface area contributed by atoms with Crippen molar-refractivity contribution in [2.75, 3.05) is 0 Å². The van der Waals surface area contributed by atoms with Crippen molar-refractivity contribution in [3.8, 4) is 5.69 Å². The van der Waals surface area contributed by atoms with Gasteiger partial charge in [-0.05, 0) is 35.9 Å². The molecule has 0 N–H and O–H groups in total. The molecule has 0 aliphatic rings. The van der Waals surface area contributed by atoms with Crippen molar-refractivity contribution in [3.63, 3.8) is 0 Å². The monoisotopic (exact) mass is 305 g/mol. The van der Waals surface area contributed by atoms with Crippen LogP contribution in [-0.4, -0.2) is 14.5 Å². The molecular weight excluding hydrogens is 293 g/mol. The van der Waals surface area contributed by atoms with Crippen LogP contribution >= 0.6 is 0 Å². The first-order valence-electron chi connectivity index (χ1n) is 7.11. The normalized spacial score (nSPS) is 11.5. The van der Waals surface area contributed by atoms with Gasteiger partial charge in [-0.15, -0.1) is 0 Å². The van der Waals surface area contributed by atoms with Gasteiger partial charge in [0.1, 0.15) is 11.3 Å². The lowest BCUT2D eigenvalue weighted by Gasteiger charge is -2.04. The summed E-state index contributed by atoms with van der Waals surface area (Å²) in [6.45, 7) is 0. The van der Waals surface area contributed by atoms with Crippen molar-refractivity contribution < 1.29 is 8.81 Å². The molecule has 4 nitrogen and oxygen atoms in total. The highest BCUT2D eigenvalue weighted by Gasteiger charge is 2.05. The average Bonchev–Trinajstić information content (AvgIpc) is 3.22. The maximum absolute atomic E-state index is 14.2. The zero-order valence-electron chi connectivity index (χ0n) is 12.1. The van der Waals surface area contributed by atoms with E-state index < -0.39 is 0 Å². The molecule has 0 atom stereocenters. The van der Waals surface area contributed by atoms with E-state index in [9.17, 15) is 4.39 Å². The fraction of sp³-hybridized carbons (Fsp3) is 0. The molecular formula is C18H12FN3O. The summed E-state index contributed by atoms with van der Waals surface area (Å²) in [5.41, 5.74) is 2.72. The lowest BCUT2D eigenvalue weighted by Crippen LogP contribution is -1.94. The van der Waals surface area contributed by atoms with Gasteiger partial charge in [0.2, 0.25) is 5.89 Å². The maximum atomic E-state index is 14.2. The van der Waals surface area contributed by atoms with Crippen LogP contribution in [0.3, 0.4) is 0 Å². The molecule has 0 saturated carbocycles. The van der Waals surface area contributed by atoms with Crippen LogP contribution in [0.2, 0.25) is 0 Å². The number of oxazole rings is 1. The van der Waals surface area contributed by atoms with Crippen LogP contribution < -0.4 is 0 Å². The number of aromatic nitrogens is 3. The average molecular weight is 305 g/mol. The maximum Gasteiger partial charge on any atom is 0.220 e. The number of hydrogen-bond acceptors (Lipinski definition) is 3. The van der Waals surface area contributed by atoms with E-state index in [1.807, 2.05) is 30.3 Å². The molecule has 4 aromatic rings. The molecule has 0 spiro atoms. The summed E-state index contributed by atoms with van der Waals surface area (Å²) < 4.78 is 21.4.